The minimum absolute atomic E-state index is 0.182. The van der Waals surface area contributed by atoms with Crippen LogP contribution < -0.4 is 15.4 Å². The molecule has 0 unspecified atom stereocenters. The minimum atomic E-state index is -0.204. The molecule has 1 aromatic carbocycles. The van der Waals surface area contributed by atoms with Crippen LogP contribution in [0.5, 0.6) is 5.75 Å². The summed E-state index contributed by atoms with van der Waals surface area (Å²) in [5.41, 5.74) is 1.11. The van der Waals surface area contributed by atoms with Gasteiger partial charge in [0.15, 0.2) is 0 Å². The van der Waals surface area contributed by atoms with E-state index in [1.54, 1.807) is 24.3 Å². The third-order valence-electron chi connectivity index (χ3n) is 2.51. The molecular formula is C14H14N2O3S. The van der Waals surface area contributed by atoms with Gasteiger partial charge in [-0.25, -0.2) is 0 Å². The van der Waals surface area contributed by atoms with Crippen molar-refractivity contribution in [1.82, 2.24) is 0 Å². The van der Waals surface area contributed by atoms with Gasteiger partial charge in [-0.05, 0) is 29.6 Å². The largest absolute Gasteiger partial charge is 0.495 e. The molecule has 0 spiro atoms. The summed E-state index contributed by atoms with van der Waals surface area (Å²) in [6.07, 6.45) is 0. The standard InChI is InChI=1S/C14H14N2O3S/c1-9(17)15-11-8-10(5-6-12(11)19-2)16-14(18)13-4-3-7-20-13/h3-8H,1-2H3,(H,15,17)(H,16,18). The first-order valence-corrected chi connectivity index (χ1v) is 6.78. The normalized spacial score (nSPS) is 9.90. The SMILES string of the molecule is COc1ccc(NC(=O)c2cccs2)cc1NC(C)=O. The summed E-state index contributed by atoms with van der Waals surface area (Å²) in [7, 11) is 1.52. The van der Waals surface area contributed by atoms with Crippen LogP contribution in [0.25, 0.3) is 0 Å². The number of hydrogen-bond acceptors (Lipinski definition) is 4. The number of nitrogens with one attached hydrogen (secondary N) is 2. The Morgan fingerprint density at radius 1 is 1.20 bits per heavy atom. The minimum Gasteiger partial charge on any atom is -0.495 e. The lowest BCUT2D eigenvalue weighted by atomic mass is 10.2. The lowest BCUT2D eigenvalue weighted by Gasteiger charge is -2.11. The molecule has 0 aliphatic heterocycles. The van der Waals surface area contributed by atoms with E-state index in [0.29, 0.717) is 22.0 Å². The first-order valence-electron chi connectivity index (χ1n) is 5.90. The predicted octanol–water partition coefficient (Wildman–Crippen LogP) is 2.97. The molecule has 2 amide bonds. The Balaban J connectivity index is 2.20. The Kier molecular flexibility index (Phi) is 4.37. The van der Waals surface area contributed by atoms with Gasteiger partial charge in [-0.1, -0.05) is 6.07 Å². The summed E-state index contributed by atoms with van der Waals surface area (Å²) in [6, 6.07) is 8.63. The van der Waals surface area contributed by atoms with Gasteiger partial charge in [0.1, 0.15) is 5.75 Å². The summed E-state index contributed by atoms with van der Waals surface area (Å²) in [4.78, 5) is 23.7. The molecule has 0 saturated carbocycles. The van der Waals surface area contributed by atoms with Crippen LogP contribution in [0, 0.1) is 0 Å². The van der Waals surface area contributed by atoms with E-state index in [4.69, 9.17) is 4.74 Å². The quantitative estimate of drug-likeness (QED) is 0.909. The Hall–Kier alpha value is -2.34. The molecule has 0 atom stereocenters. The summed E-state index contributed by atoms with van der Waals surface area (Å²) in [5, 5.41) is 7.27. The summed E-state index contributed by atoms with van der Waals surface area (Å²) in [6.45, 7) is 1.41. The molecule has 1 aromatic heterocycles. The number of thiophene rings is 1. The summed E-state index contributed by atoms with van der Waals surface area (Å²) < 4.78 is 5.15. The Labute approximate surface area is 120 Å². The van der Waals surface area contributed by atoms with E-state index in [1.165, 1.54) is 25.4 Å². The lowest BCUT2D eigenvalue weighted by molar-refractivity contribution is -0.114. The van der Waals surface area contributed by atoms with Gasteiger partial charge in [-0.3, -0.25) is 9.59 Å². The molecule has 0 aliphatic carbocycles. The van der Waals surface area contributed by atoms with Gasteiger partial charge < -0.3 is 15.4 Å². The third-order valence-corrected chi connectivity index (χ3v) is 3.38. The van der Waals surface area contributed by atoms with Crippen molar-refractivity contribution >= 4 is 34.5 Å². The molecule has 2 N–H and O–H groups in total. The maximum atomic E-state index is 11.9. The monoisotopic (exact) mass is 290 g/mol. The number of hydrogen-bond donors (Lipinski definition) is 2. The van der Waals surface area contributed by atoms with Gasteiger partial charge in [0.2, 0.25) is 5.91 Å². The smallest absolute Gasteiger partial charge is 0.265 e. The highest BCUT2D eigenvalue weighted by atomic mass is 32.1. The highest BCUT2D eigenvalue weighted by Crippen LogP contribution is 2.28. The van der Waals surface area contributed by atoms with Crippen molar-refractivity contribution in [2.75, 3.05) is 17.7 Å². The predicted molar refractivity (Wildman–Crippen MR) is 79.6 cm³/mol. The number of ether oxygens (including phenoxy) is 1. The van der Waals surface area contributed by atoms with Crippen LogP contribution in [-0.2, 0) is 4.79 Å². The highest BCUT2D eigenvalue weighted by Gasteiger charge is 2.10. The summed E-state index contributed by atoms with van der Waals surface area (Å²) >= 11 is 1.37. The molecule has 0 fully saturated rings. The van der Waals surface area contributed by atoms with E-state index >= 15 is 0 Å². The Morgan fingerprint density at radius 2 is 2.00 bits per heavy atom. The zero-order valence-electron chi connectivity index (χ0n) is 11.1. The second-order valence-electron chi connectivity index (χ2n) is 4.03. The maximum absolute atomic E-state index is 11.9. The van der Waals surface area contributed by atoms with Crippen molar-refractivity contribution in [3.8, 4) is 5.75 Å². The summed E-state index contributed by atoms with van der Waals surface area (Å²) in [5.74, 6) is 0.151. The molecule has 5 nitrogen and oxygen atoms in total. The fourth-order valence-corrected chi connectivity index (χ4v) is 2.29. The van der Waals surface area contributed by atoms with E-state index in [0.717, 1.165) is 0 Å². The molecule has 0 saturated heterocycles. The molecule has 1 heterocycles. The zero-order valence-corrected chi connectivity index (χ0v) is 11.9. The Bertz CT molecular complexity index is 623. The molecule has 20 heavy (non-hydrogen) atoms. The number of methoxy groups -OCH3 is 1. The first kappa shape index (κ1) is 14.1. The van der Waals surface area contributed by atoms with Crippen molar-refractivity contribution in [3.63, 3.8) is 0 Å². The van der Waals surface area contributed by atoms with Crippen LogP contribution in [0.3, 0.4) is 0 Å². The average Bonchev–Trinajstić information content (AvgIpc) is 2.92. The second kappa shape index (κ2) is 6.21. The maximum Gasteiger partial charge on any atom is 0.265 e. The van der Waals surface area contributed by atoms with Crippen molar-refractivity contribution in [3.05, 3.63) is 40.6 Å². The van der Waals surface area contributed by atoms with Crippen LogP contribution in [0.2, 0.25) is 0 Å². The van der Waals surface area contributed by atoms with Crippen LogP contribution in [-0.4, -0.2) is 18.9 Å². The van der Waals surface area contributed by atoms with E-state index in [2.05, 4.69) is 10.6 Å². The van der Waals surface area contributed by atoms with Gasteiger partial charge in [-0.2, -0.15) is 0 Å². The zero-order chi connectivity index (χ0) is 14.5. The molecule has 0 aliphatic rings. The van der Waals surface area contributed by atoms with E-state index in [-0.39, 0.29) is 11.8 Å². The topological polar surface area (TPSA) is 67.4 Å². The average molecular weight is 290 g/mol. The second-order valence-corrected chi connectivity index (χ2v) is 4.98. The van der Waals surface area contributed by atoms with E-state index < -0.39 is 0 Å². The van der Waals surface area contributed by atoms with Crippen molar-refractivity contribution in [2.45, 2.75) is 6.92 Å². The van der Waals surface area contributed by atoms with Crippen LogP contribution in [0.15, 0.2) is 35.7 Å². The number of rotatable bonds is 4. The van der Waals surface area contributed by atoms with Crippen LogP contribution >= 0.6 is 11.3 Å². The fourth-order valence-electron chi connectivity index (χ4n) is 1.67. The molecule has 104 valence electrons. The first-order chi connectivity index (χ1) is 9.60. The molecule has 0 radical (unpaired) electrons. The van der Waals surface area contributed by atoms with Crippen molar-refractivity contribution in [2.24, 2.45) is 0 Å². The number of anilines is 2. The highest BCUT2D eigenvalue weighted by molar-refractivity contribution is 7.12. The third kappa shape index (κ3) is 3.36. The van der Waals surface area contributed by atoms with Gasteiger partial charge in [0.25, 0.3) is 5.91 Å². The number of carbonyl (C=O) groups is 2. The van der Waals surface area contributed by atoms with Gasteiger partial charge in [0, 0.05) is 12.6 Å². The van der Waals surface area contributed by atoms with E-state index in [1.807, 2.05) is 11.4 Å². The van der Waals surface area contributed by atoms with Gasteiger partial charge in [-0.15, -0.1) is 11.3 Å². The van der Waals surface area contributed by atoms with Crippen LogP contribution in [0.4, 0.5) is 11.4 Å². The number of carbonyl (C=O) groups excluding carboxylic acids is 2. The number of amides is 2. The molecule has 6 heteroatoms. The number of benzene rings is 1. The molecule has 0 bridgehead atoms. The van der Waals surface area contributed by atoms with Crippen LogP contribution in [0.1, 0.15) is 16.6 Å². The Morgan fingerprint density at radius 3 is 2.60 bits per heavy atom. The van der Waals surface area contributed by atoms with Gasteiger partial charge >= 0.3 is 0 Å². The fraction of sp³-hybridized carbons (Fsp3) is 0.143. The lowest BCUT2D eigenvalue weighted by Crippen LogP contribution is -2.11. The van der Waals surface area contributed by atoms with E-state index in [9.17, 15) is 9.59 Å². The molecular weight excluding hydrogens is 276 g/mol. The van der Waals surface area contributed by atoms with Crippen molar-refractivity contribution < 1.29 is 14.3 Å². The molecule has 2 rings (SSSR count). The molecule has 2 aromatic rings. The van der Waals surface area contributed by atoms with Gasteiger partial charge in [0.05, 0.1) is 17.7 Å². The van der Waals surface area contributed by atoms with Crippen molar-refractivity contribution in [1.29, 1.82) is 0 Å².